The van der Waals surface area contributed by atoms with E-state index in [9.17, 15) is 0 Å². The van der Waals surface area contributed by atoms with E-state index in [0.717, 1.165) is 17.8 Å². The minimum atomic E-state index is -0.633. The van der Waals surface area contributed by atoms with E-state index in [-0.39, 0.29) is 0 Å². The van der Waals surface area contributed by atoms with Gasteiger partial charge >= 0.3 is 0 Å². The van der Waals surface area contributed by atoms with Crippen molar-refractivity contribution in [2.24, 2.45) is 17.8 Å². The highest BCUT2D eigenvalue weighted by atomic mass is 28.3. The molecule has 4 fully saturated rings. The summed E-state index contributed by atoms with van der Waals surface area (Å²) in [5.41, 5.74) is 0.540. The van der Waals surface area contributed by atoms with Crippen LogP contribution >= 0.6 is 0 Å². The predicted octanol–water partition coefficient (Wildman–Crippen LogP) is 4.46. The summed E-state index contributed by atoms with van der Waals surface area (Å²) in [6.07, 6.45) is 17.3. The van der Waals surface area contributed by atoms with Crippen LogP contribution in [0.3, 0.4) is 0 Å². The van der Waals surface area contributed by atoms with Crippen molar-refractivity contribution in [2.45, 2.75) is 70.5 Å². The zero-order valence-corrected chi connectivity index (χ0v) is 15.4. The molecule has 2 heteroatoms. The number of nitrogens with one attached hydrogen (secondary N) is 1. The van der Waals surface area contributed by atoms with Crippen molar-refractivity contribution in [3.05, 3.63) is 23.4 Å². The first-order valence-electron chi connectivity index (χ1n) is 9.18. The van der Waals surface area contributed by atoms with Crippen LogP contribution in [-0.2, 0) is 0 Å². The van der Waals surface area contributed by atoms with Gasteiger partial charge in [-0.2, -0.15) is 0 Å². The lowest BCUT2D eigenvalue weighted by molar-refractivity contribution is -0.0192. The highest BCUT2D eigenvalue weighted by Gasteiger charge is 2.50. The van der Waals surface area contributed by atoms with E-state index in [1.165, 1.54) is 32.2 Å². The van der Waals surface area contributed by atoms with Gasteiger partial charge in [0.1, 0.15) is 0 Å². The van der Waals surface area contributed by atoms with Crippen molar-refractivity contribution in [3.8, 4) is 0 Å². The van der Waals surface area contributed by atoms with Crippen molar-refractivity contribution >= 4 is 8.80 Å². The SMILES string of the molecule is CC=C(C=CCCNC12CC3CC(CC(C3)C1)C2)[SiH](C)C. The van der Waals surface area contributed by atoms with Gasteiger partial charge in [0.15, 0.2) is 0 Å². The molecular formula is C19H33NSi. The van der Waals surface area contributed by atoms with Crippen LogP contribution in [0.25, 0.3) is 0 Å². The summed E-state index contributed by atoms with van der Waals surface area (Å²) in [6.45, 7) is 8.18. The molecule has 4 aliphatic carbocycles. The molecule has 0 unspecified atom stereocenters. The van der Waals surface area contributed by atoms with Gasteiger partial charge in [-0.1, -0.05) is 36.5 Å². The zero-order valence-electron chi connectivity index (χ0n) is 14.2. The fraction of sp³-hybridized carbons (Fsp3) is 0.789. The lowest BCUT2D eigenvalue weighted by Gasteiger charge is -2.57. The van der Waals surface area contributed by atoms with Crippen LogP contribution in [-0.4, -0.2) is 20.9 Å². The second kappa shape index (κ2) is 6.42. The predicted molar refractivity (Wildman–Crippen MR) is 95.3 cm³/mol. The van der Waals surface area contributed by atoms with E-state index in [4.69, 9.17) is 0 Å². The standard InChI is InChI=1S/C19H33NSi/c1-4-18(21(2)3)7-5-6-8-20-19-12-15-9-16(13-19)11-17(10-15)14-19/h4-5,7,15-17,20-21H,6,8-14H2,1-3H3. The zero-order chi connectivity index (χ0) is 14.9. The van der Waals surface area contributed by atoms with E-state index in [0.29, 0.717) is 5.54 Å². The number of rotatable bonds is 6. The Labute approximate surface area is 132 Å². The van der Waals surface area contributed by atoms with E-state index in [2.05, 4.69) is 43.6 Å². The fourth-order valence-electron chi connectivity index (χ4n) is 5.59. The first-order valence-corrected chi connectivity index (χ1v) is 12.1. The number of allylic oxidation sites excluding steroid dienone is 3. The maximum atomic E-state index is 3.99. The van der Waals surface area contributed by atoms with Crippen LogP contribution in [0.4, 0.5) is 0 Å². The van der Waals surface area contributed by atoms with Crippen LogP contribution in [0.15, 0.2) is 23.4 Å². The highest BCUT2D eigenvalue weighted by molar-refractivity contribution is 6.64. The van der Waals surface area contributed by atoms with Gasteiger partial charge in [-0.25, -0.2) is 0 Å². The summed E-state index contributed by atoms with van der Waals surface area (Å²) in [5, 5.41) is 5.59. The first kappa shape index (κ1) is 15.5. The fourth-order valence-corrected chi connectivity index (χ4v) is 6.78. The Balaban J connectivity index is 1.47. The maximum absolute atomic E-state index is 3.99. The van der Waals surface area contributed by atoms with Crippen LogP contribution in [0.5, 0.6) is 0 Å². The Bertz CT molecular complexity index is 386. The van der Waals surface area contributed by atoms with Crippen molar-refractivity contribution in [1.82, 2.24) is 5.32 Å². The van der Waals surface area contributed by atoms with Gasteiger partial charge in [0.25, 0.3) is 0 Å². The Kier molecular flexibility index (Phi) is 4.75. The monoisotopic (exact) mass is 303 g/mol. The Morgan fingerprint density at radius 3 is 2.14 bits per heavy atom. The second-order valence-corrected chi connectivity index (χ2v) is 11.2. The molecule has 4 aliphatic rings. The summed E-state index contributed by atoms with van der Waals surface area (Å²) >= 11 is 0. The Morgan fingerprint density at radius 1 is 1.10 bits per heavy atom. The molecule has 0 aliphatic heterocycles. The summed E-state index contributed by atoms with van der Waals surface area (Å²) < 4.78 is 0. The first-order chi connectivity index (χ1) is 10.1. The molecule has 0 aromatic heterocycles. The largest absolute Gasteiger partial charge is 0.311 e. The van der Waals surface area contributed by atoms with Crippen LogP contribution < -0.4 is 5.32 Å². The summed E-state index contributed by atoms with van der Waals surface area (Å²) in [5.74, 6) is 3.17. The van der Waals surface area contributed by atoms with Gasteiger partial charge in [-0.3, -0.25) is 0 Å². The summed E-state index contributed by atoms with van der Waals surface area (Å²) in [4.78, 5) is 0. The molecule has 0 radical (unpaired) electrons. The lowest BCUT2D eigenvalue weighted by Crippen LogP contribution is -2.58. The molecule has 4 saturated carbocycles. The summed E-state index contributed by atoms with van der Waals surface area (Å²) in [7, 11) is -0.633. The van der Waals surface area contributed by atoms with E-state index in [1.54, 1.807) is 24.5 Å². The third kappa shape index (κ3) is 3.53. The van der Waals surface area contributed by atoms with Gasteiger partial charge in [-0.15, -0.1) is 0 Å². The molecule has 118 valence electrons. The molecular weight excluding hydrogens is 270 g/mol. The average Bonchev–Trinajstić information content (AvgIpc) is 2.40. The molecule has 1 N–H and O–H groups in total. The van der Waals surface area contributed by atoms with E-state index < -0.39 is 8.80 Å². The van der Waals surface area contributed by atoms with Gasteiger partial charge in [0.2, 0.25) is 0 Å². The van der Waals surface area contributed by atoms with Gasteiger partial charge < -0.3 is 5.32 Å². The molecule has 0 atom stereocenters. The molecule has 0 heterocycles. The molecule has 4 rings (SSSR count). The average molecular weight is 304 g/mol. The minimum absolute atomic E-state index is 0.540. The Morgan fingerprint density at radius 2 is 1.67 bits per heavy atom. The van der Waals surface area contributed by atoms with Gasteiger partial charge in [-0.05, 0) is 76.2 Å². The lowest BCUT2D eigenvalue weighted by atomic mass is 9.53. The molecule has 21 heavy (non-hydrogen) atoms. The number of hydrogen-bond acceptors (Lipinski definition) is 1. The molecule has 0 aromatic carbocycles. The molecule has 0 spiro atoms. The number of hydrogen-bond donors (Lipinski definition) is 1. The topological polar surface area (TPSA) is 12.0 Å². The molecule has 4 bridgehead atoms. The quantitative estimate of drug-likeness (QED) is 0.434. The normalized spacial score (nSPS) is 38.9. The third-order valence-electron chi connectivity index (χ3n) is 6.16. The van der Waals surface area contributed by atoms with E-state index >= 15 is 0 Å². The van der Waals surface area contributed by atoms with Crippen LogP contribution in [0, 0.1) is 17.8 Å². The third-order valence-corrected chi connectivity index (χ3v) is 8.02. The maximum Gasteiger partial charge on any atom is 0.0642 e. The smallest absolute Gasteiger partial charge is 0.0642 e. The summed E-state index contributed by atoms with van der Waals surface area (Å²) in [6, 6.07) is 0. The van der Waals surface area contributed by atoms with E-state index in [1.807, 2.05) is 0 Å². The van der Waals surface area contributed by atoms with Crippen LogP contribution in [0.2, 0.25) is 13.1 Å². The van der Waals surface area contributed by atoms with Crippen LogP contribution in [0.1, 0.15) is 51.9 Å². The van der Waals surface area contributed by atoms with Crippen molar-refractivity contribution in [3.63, 3.8) is 0 Å². The van der Waals surface area contributed by atoms with Crippen molar-refractivity contribution < 1.29 is 0 Å². The Hall–Kier alpha value is -0.343. The van der Waals surface area contributed by atoms with Gasteiger partial charge in [0, 0.05) is 5.54 Å². The molecule has 0 saturated heterocycles. The van der Waals surface area contributed by atoms with Crippen molar-refractivity contribution in [2.75, 3.05) is 6.54 Å². The molecule has 1 nitrogen and oxygen atoms in total. The van der Waals surface area contributed by atoms with Crippen molar-refractivity contribution in [1.29, 1.82) is 0 Å². The molecule has 0 amide bonds. The highest BCUT2D eigenvalue weighted by Crippen LogP contribution is 2.55. The molecule has 0 aromatic rings. The minimum Gasteiger partial charge on any atom is -0.311 e. The van der Waals surface area contributed by atoms with Gasteiger partial charge in [0.05, 0.1) is 8.80 Å². The second-order valence-electron chi connectivity index (χ2n) is 8.26.